The van der Waals surface area contributed by atoms with Crippen molar-refractivity contribution in [2.45, 2.75) is 30.7 Å². The van der Waals surface area contributed by atoms with E-state index in [0.717, 1.165) is 19.4 Å². The molecule has 1 fully saturated rings. The van der Waals surface area contributed by atoms with Gasteiger partial charge in [-0.25, -0.2) is 8.42 Å². The molecule has 1 N–H and O–H groups in total. The van der Waals surface area contributed by atoms with Gasteiger partial charge in [0.05, 0.1) is 16.5 Å². The first kappa shape index (κ1) is 15.0. The number of nitriles is 1. The number of aryl methyl sites for hydroxylation is 1. The molecule has 1 aliphatic rings. The summed E-state index contributed by atoms with van der Waals surface area (Å²) < 4.78 is 26.6. The van der Waals surface area contributed by atoms with Crippen molar-refractivity contribution in [1.82, 2.24) is 9.62 Å². The SMILES string of the molecule is Cc1ccc(C#N)cc1S(=O)(=O)N(C)CC1CCCN1. The number of hydrogen-bond donors (Lipinski definition) is 1. The fourth-order valence-corrected chi connectivity index (χ4v) is 3.90. The van der Waals surface area contributed by atoms with Gasteiger partial charge in [-0.15, -0.1) is 0 Å². The molecule has 0 aromatic heterocycles. The summed E-state index contributed by atoms with van der Waals surface area (Å²) in [6.07, 6.45) is 2.08. The number of benzene rings is 1. The van der Waals surface area contributed by atoms with Crippen LogP contribution in [0, 0.1) is 18.3 Å². The van der Waals surface area contributed by atoms with Gasteiger partial charge in [0.1, 0.15) is 0 Å². The molecule has 1 aromatic rings. The molecule has 0 bridgehead atoms. The van der Waals surface area contributed by atoms with Crippen LogP contribution in [0.3, 0.4) is 0 Å². The molecule has 5 nitrogen and oxygen atoms in total. The molecule has 1 unspecified atom stereocenters. The van der Waals surface area contributed by atoms with Gasteiger partial charge in [-0.05, 0) is 44.0 Å². The Balaban J connectivity index is 2.27. The van der Waals surface area contributed by atoms with Crippen molar-refractivity contribution in [3.63, 3.8) is 0 Å². The topological polar surface area (TPSA) is 73.2 Å². The van der Waals surface area contributed by atoms with Gasteiger partial charge in [-0.2, -0.15) is 9.57 Å². The fraction of sp³-hybridized carbons (Fsp3) is 0.500. The molecule has 1 atom stereocenters. The maximum atomic E-state index is 12.6. The lowest BCUT2D eigenvalue weighted by atomic mass is 10.2. The summed E-state index contributed by atoms with van der Waals surface area (Å²) in [4.78, 5) is 0.219. The molecule has 0 amide bonds. The zero-order chi connectivity index (χ0) is 14.8. The molecular weight excluding hydrogens is 274 g/mol. The highest BCUT2D eigenvalue weighted by Gasteiger charge is 2.26. The lowest BCUT2D eigenvalue weighted by Crippen LogP contribution is -2.38. The van der Waals surface area contributed by atoms with Crippen LogP contribution in [0.4, 0.5) is 0 Å². The second-order valence-electron chi connectivity index (χ2n) is 5.17. The molecule has 1 heterocycles. The minimum Gasteiger partial charge on any atom is -0.313 e. The first-order valence-corrected chi connectivity index (χ1v) is 8.09. The molecule has 1 aromatic carbocycles. The van der Waals surface area contributed by atoms with Gasteiger partial charge in [0, 0.05) is 19.6 Å². The Bertz CT molecular complexity index is 628. The van der Waals surface area contributed by atoms with Gasteiger partial charge in [0.15, 0.2) is 0 Å². The van der Waals surface area contributed by atoms with Crippen molar-refractivity contribution in [3.05, 3.63) is 29.3 Å². The Morgan fingerprint density at radius 2 is 2.25 bits per heavy atom. The van der Waals surface area contributed by atoms with Crippen molar-refractivity contribution in [2.24, 2.45) is 0 Å². The van der Waals surface area contributed by atoms with Crippen LogP contribution in [-0.2, 0) is 10.0 Å². The molecular formula is C14H19N3O2S. The maximum Gasteiger partial charge on any atom is 0.243 e. The third-order valence-corrected chi connectivity index (χ3v) is 5.61. The second-order valence-corrected chi connectivity index (χ2v) is 7.18. The molecule has 20 heavy (non-hydrogen) atoms. The van der Waals surface area contributed by atoms with Crippen LogP contribution >= 0.6 is 0 Å². The van der Waals surface area contributed by atoms with Gasteiger partial charge in [-0.1, -0.05) is 6.07 Å². The third kappa shape index (κ3) is 3.01. The molecule has 1 aliphatic heterocycles. The minimum atomic E-state index is -3.55. The van der Waals surface area contributed by atoms with Gasteiger partial charge < -0.3 is 5.32 Å². The highest BCUT2D eigenvalue weighted by atomic mass is 32.2. The second kappa shape index (κ2) is 5.92. The van der Waals surface area contributed by atoms with E-state index >= 15 is 0 Å². The van der Waals surface area contributed by atoms with Crippen molar-refractivity contribution >= 4 is 10.0 Å². The van der Waals surface area contributed by atoms with E-state index in [0.29, 0.717) is 17.7 Å². The molecule has 0 saturated carbocycles. The van der Waals surface area contributed by atoms with E-state index in [-0.39, 0.29) is 10.9 Å². The minimum absolute atomic E-state index is 0.217. The van der Waals surface area contributed by atoms with Crippen LogP contribution in [0.1, 0.15) is 24.0 Å². The van der Waals surface area contributed by atoms with Crippen molar-refractivity contribution < 1.29 is 8.42 Å². The summed E-state index contributed by atoms with van der Waals surface area (Å²) in [6.45, 7) is 3.15. The molecule has 6 heteroatoms. The summed E-state index contributed by atoms with van der Waals surface area (Å²) in [7, 11) is -1.96. The van der Waals surface area contributed by atoms with Crippen LogP contribution in [0.15, 0.2) is 23.1 Å². The van der Waals surface area contributed by atoms with Crippen molar-refractivity contribution in [2.75, 3.05) is 20.1 Å². The van der Waals surface area contributed by atoms with E-state index in [1.165, 1.54) is 10.4 Å². The molecule has 0 aliphatic carbocycles. The predicted molar refractivity (Wildman–Crippen MR) is 76.7 cm³/mol. The van der Waals surface area contributed by atoms with Crippen LogP contribution in [0.2, 0.25) is 0 Å². The van der Waals surface area contributed by atoms with E-state index in [4.69, 9.17) is 5.26 Å². The van der Waals surface area contributed by atoms with Crippen LogP contribution in [0.5, 0.6) is 0 Å². The molecule has 0 spiro atoms. The molecule has 1 saturated heterocycles. The quantitative estimate of drug-likeness (QED) is 0.906. The summed E-state index contributed by atoms with van der Waals surface area (Å²) in [5.74, 6) is 0. The lowest BCUT2D eigenvalue weighted by molar-refractivity contribution is 0.417. The first-order chi connectivity index (χ1) is 9.45. The van der Waals surface area contributed by atoms with E-state index in [1.807, 2.05) is 6.07 Å². The monoisotopic (exact) mass is 293 g/mol. The first-order valence-electron chi connectivity index (χ1n) is 6.65. The van der Waals surface area contributed by atoms with Crippen LogP contribution in [-0.4, -0.2) is 38.9 Å². The number of rotatable bonds is 4. The highest BCUT2D eigenvalue weighted by molar-refractivity contribution is 7.89. The largest absolute Gasteiger partial charge is 0.313 e. The Hall–Kier alpha value is -1.42. The van der Waals surface area contributed by atoms with Gasteiger partial charge in [-0.3, -0.25) is 0 Å². The number of sulfonamides is 1. The Morgan fingerprint density at radius 1 is 1.50 bits per heavy atom. The zero-order valence-corrected chi connectivity index (χ0v) is 12.6. The van der Waals surface area contributed by atoms with Crippen molar-refractivity contribution in [1.29, 1.82) is 5.26 Å². The summed E-state index contributed by atoms with van der Waals surface area (Å²) >= 11 is 0. The van der Waals surface area contributed by atoms with Gasteiger partial charge >= 0.3 is 0 Å². The smallest absolute Gasteiger partial charge is 0.243 e. The number of nitrogens with zero attached hydrogens (tertiary/aromatic N) is 2. The average molecular weight is 293 g/mol. The van der Waals surface area contributed by atoms with E-state index in [1.54, 1.807) is 26.1 Å². The van der Waals surface area contributed by atoms with E-state index < -0.39 is 10.0 Å². The normalized spacial score (nSPS) is 19.2. The molecule has 2 rings (SSSR count). The summed E-state index contributed by atoms with van der Waals surface area (Å²) in [5.41, 5.74) is 1.02. The Morgan fingerprint density at radius 3 is 2.85 bits per heavy atom. The van der Waals surface area contributed by atoms with Crippen LogP contribution < -0.4 is 5.32 Å². The van der Waals surface area contributed by atoms with Gasteiger partial charge in [0.2, 0.25) is 10.0 Å². The predicted octanol–water partition coefficient (Wildman–Crippen LogP) is 1.24. The standard InChI is InChI=1S/C14H19N3O2S/c1-11-5-6-12(9-15)8-14(11)20(18,19)17(2)10-13-4-3-7-16-13/h5-6,8,13,16H,3-4,7,10H2,1-2H3. The average Bonchev–Trinajstić information content (AvgIpc) is 2.92. The Labute approximate surface area is 120 Å². The summed E-state index contributed by atoms with van der Waals surface area (Å²) in [6, 6.07) is 6.95. The summed E-state index contributed by atoms with van der Waals surface area (Å²) in [5, 5.41) is 12.2. The zero-order valence-electron chi connectivity index (χ0n) is 11.8. The molecule has 108 valence electrons. The van der Waals surface area contributed by atoms with Crippen molar-refractivity contribution in [3.8, 4) is 6.07 Å². The number of nitrogens with one attached hydrogen (secondary N) is 1. The third-order valence-electron chi connectivity index (χ3n) is 3.65. The molecule has 0 radical (unpaired) electrons. The van der Waals surface area contributed by atoms with Gasteiger partial charge in [0.25, 0.3) is 0 Å². The van der Waals surface area contributed by atoms with E-state index in [2.05, 4.69) is 5.32 Å². The van der Waals surface area contributed by atoms with Crippen LogP contribution in [0.25, 0.3) is 0 Å². The number of hydrogen-bond acceptors (Lipinski definition) is 4. The fourth-order valence-electron chi connectivity index (χ4n) is 2.44. The number of likely N-dealkylation sites (N-methyl/N-ethyl adjacent to an activating group) is 1. The van der Waals surface area contributed by atoms with E-state index in [9.17, 15) is 8.42 Å². The maximum absolute atomic E-state index is 12.6. The highest BCUT2D eigenvalue weighted by Crippen LogP contribution is 2.21. The lowest BCUT2D eigenvalue weighted by Gasteiger charge is -2.22. The Kier molecular flexibility index (Phi) is 4.43.